The summed E-state index contributed by atoms with van der Waals surface area (Å²) in [4.78, 5) is 13.1. The Kier molecular flexibility index (Phi) is 5.88. The Hall–Kier alpha value is -4.18. The first kappa shape index (κ1) is 23.2. The van der Waals surface area contributed by atoms with Crippen LogP contribution >= 0.6 is 0 Å². The molecular formula is C27H30N8O2. The first-order valence-electron chi connectivity index (χ1n) is 12.6. The van der Waals surface area contributed by atoms with Crippen LogP contribution in [0, 0.1) is 12.8 Å². The number of rotatable bonds is 6. The predicted octanol–water partition coefficient (Wildman–Crippen LogP) is 4.57. The summed E-state index contributed by atoms with van der Waals surface area (Å²) in [5.41, 5.74) is 11.8. The lowest BCUT2D eigenvalue weighted by atomic mass is 9.93. The van der Waals surface area contributed by atoms with E-state index in [2.05, 4.69) is 37.6 Å². The fourth-order valence-corrected chi connectivity index (χ4v) is 5.03. The van der Waals surface area contributed by atoms with Crippen LogP contribution in [0.3, 0.4) is 0 Å². The minimum absolute atomic E-state index is 0.100. The van der Waals surface area contributed by atoms with E-state index < -0.39 is 0 Å². The fourth-order valence-electron chi connectivity index (χ4n) is 5.03. The SMILES string of the molecule is Cc1cc(OC(C)C2CCNCC2)c2oc(Nc3ccc(-c4nn(C)c5ncnc(N)c45)cc3)nc2c1. The molecule has 3 aromatic heterocycles. The monoisotopic (exact) mass is 498 g/mol. The maximum atomic E-state index is 6.40. The largest absolute Gasteiger partial charge is 0.486 e. The number of anilines is 3. The van der Waals surface area contributed by atoms with Gasteiger partial charge in [0.25, 0.3) is 6.01 Å². The molecule has 5 aromatic rings. The average molecular weight is 499 g/mol. The molecule has 10 nitrogen and oxygen atoms in total. The molecule has 37 heavy (non-hydrogen) atoms. The van der Waals surface area contributed by atoms with Gasteiger partial charge < -0.3 is 25.5 Å². The summed E-state index contributed by atoms with van der Waals surface area (Å²) in [7, 11) is 1.84. The molecule has 1 aliphatic rings. The van der Waals surface area contributed by atoms with Crippen LogP contribution in [-0.2, 0) is 7.05 Å². The molecule has 4 N–H and O–H groups in total. The van der Waals surface area contributed by atoms with Gasteiger partial charge in [0.2, 0.25) is 0 Å². The number of fused-ring (bicyclic) bond motifs is 2. The summed E-state index contributed by atoms with van der Waals surface area (Å²) in [5, 5.41) is 12.0. The van der Waals surface area contributed by atoms with Crippen molar-refractivity contribution in [2.75, 3.05) is 24.1 Å². The van der Waals surface area contributed by atoms with Crippen molar-refractivity contribution in [2.45, 2.75) is 32.8 Å². The lowest BCUT2D eigenvalue weighted by Crippen LogP contribution is -2.35. The van der Waals surface area contributed by atoms with Crippen molar-refractivity contribution in [1.82, 2.24) is 30.0 Å². The number of aromatic nitrogens is 5. The van der Waals surface area contributed by atoms with Crippen LogP contribution < -0.4 is 21.1 Å². The van der Waals surface area contributed by atoms with Crippen molar-refractivity contribution in [3.8, 4) is 17.0 Å². The van der Waals surface area contributed by atoms with E-state index in [1.54, 1.807) is 4.68 Å². The number of hydrogen-bond donors (Lipinski definition) is 3. The zero-order valence-corrected chi connectivity index (χ0v) is 21.2. The molecule has 0 spiro atoms. The van der Waals surface area contributed by atoms with Gasteiger partial charge in [0.1, 0.15) is 23.4 Å². The Labute approximate surface area is 214 Å². The highest BCUT2D eigenvalue weighted by atomic mass is 16.5. The maximum Gasteiger partial charge on any atom is 0.300 e. The number of benzene rings is 2. The zero-order valence-electron chi connectivity index (χ0n) is 21.2. The lowest BCUT2D eigenvalue weighted by Gasteiger charge is -2.28. The Bertz CT molecular complexity index is 1570. The van der Waals surface area contributed by atoms with Crippen molar-refractivity contribution in [3.05, 3.63) is 48.3 Å². The number of nitrogen functional groups attached to an aromatic ring is 1. The van der Waals surface area contributed by atoms with Crippen molar-refractivity contribution < 1.29 is 9.15 Å². The summed E-state index contributed by atoms with van der Waals surface area (Å²) in [5.74, 6) is 1.66. The van der Waals surface area contributed by atoms with Gasteiger partial charge in [0.15, 0.2) is 17.0 Å². The molecule has 2 aromatic carbocycles. The number of nitrogens with two attached hydrogens (primary N) is 1. The normalized spacial score (nSPS) is 15.3. The van der Waals surface area contributed by atoms with Gasteiger partial charge in [-0.3, -0.25) is 0 Å². The van der Waals surface area contributed by atoms with Crippen LogP contribution in [0.4, 0.5) is 17.5 Å². The molecule has 10 heteroatoms. The van der Waals surface area contributed by atoms with Crippen LogP contribution in [-0.4, -0.2) is 43.9 Å². The highest BCUT2D eigenvalue weighted by Gasteiger charge is 2.23. The zero-order chi connectivity index (χ0) is 25.5. The van der Waals surface area contributed by atoms with E-state index in [-0.39, 0.29) is 6.10 Å². The van der Waals surface area contributed by atoms with Gasteiger partial charge in [0.05, 0.1) is 11.5 Å². The Morgan fingerprint density at radius 3 is 2.73 bits per heavy atom. The molecule has 1 atom stereocenters. The number of oxazole rings is 1. The van der Waals surface area contributed by atoms with E-state index in [0.717, 1.165) is 65.1 Å². The highest BCUT2D eigenvalue weighted by Crippen LogP contribution is 2.34. The van der Waals surface area contributed by atoms with Crippen LogP contribution in [0.1, 0.15) is 25.3 Å². The van der Waals surface area contributed by atoms with E-state index in [1.165, 1.54) is 6.33 Å². The van der Waals surface area contributed by atoms with Crippen molar-refractivity contribution >= 4 is 39.7 Å². The number of piperidine rings is 1. The second kappa shape index (κ2) is 9.36. The van der Waals surface area contributed by atoms with Gasteiger partial charge >= 0.3 is 0 Å². The molecule has 0 aliphatic carbocycles. The van der Waals surface area contributed by atoms with Gasteiger partial charge in [-0.1, -0.05) is 12.1 Å². The van der Waals surface area contributed by atoms with Gasteiger partial charge in [-0.05, 0) is 75.5 Å². The van der Waals surface area contributed by atoms with Gasteiger partial charge in [-0.15, -0.1) is 0 Å². The molecule has 0 saturated carbocycles. The smallest absolute Gasteiger partial charge is 0.300 e. The van der Waals surface area contributed by atoms with Gasteiger partial charge in [0, 0.05) is 18.3 Å². The Balaban J connectivity index is 1.24. The van der Waals surface area contributed by atoms with Crippen molar-refractivity contribution in [1.29, 1.82) is 0 Å². The summed E-state index contributed by atoms with van der Waals surface area (Å²) in [6, 6.07) is 12.3. The number of hydrogen-bond acceptors (Lipinski definition) is 9. The summed E-state index contributed by atoms with van der Waals surface area (Å²) in [6.45, 7) is 6.26. The standard InChI is InChI=1S/C27H30N8O2/c1-15-12-20-24(21(13-15)36-16(2)17-8-10-29-11-9-17)37-27(33-20)32-19-6-4-18(5-7-19)23-22-25(28)30-14-31-26(22)35(3)34-23/h4-7,12-14,16-17,29H,8-11H2,1-3H3,(H,32,33)(H2,28,30,31). The molecule has 1 aliphatic heterocycles. The van der Waals surface area contributed by atoms with Gasteiger partial charge in [-0.2, -0.15) is 10.1 Å². The second-order valence-electron chi connectivity index (χ2n) is 9.67. The van der Waals surface area contributed by atoms with Crippen LogP contribution in [0.25, 0.3) is 33.4 Å². The molecule has 0 bridgehead atoms. The number of aryl methyl sites for hydroxylation is 2. The molecule has 1 unspecified atom stereocenters. The highest BCUT2D eigenvalue weighted by molar-refractivity contribution is 5.98. The Morgan fingerprint density at radius 1 is 1.16 bits per heavy atom. The van der Waals surface area contributed by atoms with Gasteiger partial charge in [-0.25, -0.2) is 14.6 Å². The van der Waals surface area contributed by atoms with E-state index in [9.17, 15) is 0 Å². The van der Waals surface area contributed by atoms with Crippen LogP contribution in [0.15, 0.2) is 47.1 Å². The van der Waals surface area contributed by atoms with Crippen molar-refractivity contribution in [3.63, 3.8) is 0 Å². The van der Waals surface area contributed by atoms with Crippen LogP contribution in [0.5, 0.6) is 5.75 Å². The third-order valence-corrected chi connectivity index (χ3v) is 7.02. The molecule has 1 fully saturated rings. The maximum absolute atomic E-state index is 6.40. The fraction of sp³-hybridized carbons (Fsp3) is 0.333. The first-order valence-corrected chi connectivity index (χ1v) is 12.6. The number of ether oxygens (including phenoxy) is 1. The molecule has 0 amide bonds. The summed E-state index contributed by atoms with van der Waals surface area (Å²) in [6.07, 6.45) is 3.78. The minimum Gasteiger partial charge on any atom is -0.486 e. The van der Waals surface area contributed by atoms with E-state index in [4.69, 9.17) is 14.9 Å². The summed E-state index contributed by atoms with van der Waals surface area (Å²) >= 11 is 0. The van der Waals surface area contributed by atoms with E-state index in [1.807, 2.05) is 50.4 Å². The van der Waals surface area contributed by atoms with Crippen LogP contribution in [0.2, 0.25) is 0 Å². The molecular weight excluding hydrogens is 468 g/mol. The average Bonchev–Trinajstić information content (AvgIpc) is 3.46. The number of nitrogens with zero attached hydrogens (tertiary/aromatic N) is 5. The number of nitrogens with one attached hydrogen (secondary N) is 2. The van der Waals surface area contributed by atoms with E-state index >= 15 is 0 Å². The molecule has 0 radical (unpaired) electrons. The lowest BCUT2D eigenvalue weighted by molar-refractivity contribution is 0.128. The third kappa shape index (κ3) is 4.44. The minimum atomic E-state index is 0.100. The molecule has 6 rings (SSSR count). The molecule has 190 valence electrons. The quantitative estimate of drug-likeness (QED) is 0.308. The topological polar surface area (TPSA) is 129 Å². The Morgan fingerprint density at radius 2 is 1.95 bits per heavy atom. The summed E-state index contributed by atoms with van der Waals surface area (Å²) < 4.78 is 14.2. The van der Waals surface area contributed by atoms with Crippen molar-refractivity contribution in [2.24, 2.45) is 13.0 Å². The molecule has 4 heterocycles. The third-order valence-electron chi connectivity index (χ3n) is 7.02. The predicted molar refractivity (Wildman–Crippen MR) is 144 cm³/mol. The first-order chi connectivity index (χ1) is 18.0. The second-order valence-corrected chi connectivity index (χ2v) is 9.67. The molecule has 1 saturated heterocycles. The van der Waals surface area contributed by atoms with E-state index in [0.29, 0.717) is 29.0 Å².